The molecule has 0 saturated carbocycles. The molecule has 2 aromatic heterocycles. The fourth-order valence-corrected chi connectivity index (χ4v) is 4.29. The van der Waals surface area contributed by atoms with E-state index in [1.54, 1.807) is 6.20 Å². The van der Waals surface area contributed by atoms with Crippen LogP contribution in [0, 0.1) is 0 Å². The first kappa shape index (κ1) is 18.2. The van der Waals surface area contributed by atoms with Gasteiger partial charge in [0.15, 0.2) is 5.11 Å². The molecule has 0 unspecified atom stereocenters. The van der Waals surface area contributed by atoms with Crippen molar-refractivity contribution >= 4 is 33.3 Å². The molecule has 3 aromatic rings. The van der Waals surface area contributed by atoms with Gasteiger partial charge in [-0.3, -0.25) is 4.98 Å². The fraction of sp³-hybridized carbons (Fsp3) is 0.200. The van der Waals surface area contributed by atoms with Gasteiger partial charge in [-0.2, -0.15) is 0 Å². The molecule has 2 N–H and O–H groups in total. The third-order valence-corrected chi connectivity index (χ3v) is 5.55. The summed E-state index contributed by atoms with van der Waals surface area (Å²) in [6.45, 7) is 0.494. The summed E-state index contributed by atoms with van der Waals surface area (Å²) in [5.74, 6) is 0. The minimum absolute atomic E-state index is 0.0326. The average molecular weight is 443 g/mol. The van der Waals surface area contributed by atoms with Crippen LogP contribution in [0.5, 0.6) is 0 Å². The van der Waals surface area contributed by atoms with Crippen LogP contribution in [0.3, 0.4) is 0 Å². The van der Waals surface area contributed by atoms with Gasteiger partial charge in [0.05, 0.1) is 24.4 Å². The Labute approximate surface area is 171 Å². The van der Waals surface area contributed by atoms with E-state index < -0.39 is 0 Å². The molecule has 27 heavy (non-hydrogen) atoms. The van der Waals surface area contributed by atoms with Gasteiger partial charge in [-0.1, -0.05) is 28.1 Å². The highest BCUT2D eigenvalue weighted by Gasteiger charge is 2.40. The van der Waals surface area contributed by atoms with Crippen LogP contribution in [-0.4, -0.2) is 37.8 Å². The molecule has 7 heteroatoms. The number of nitrogens with one attached hydrogen (secondary N) is 1. The minimum Gasteiger partial charge on any atom is -0.395 e. The number of hydrogen-bond donors (Lipinski definition) is 2. The molecule has 3 heterocycles. The van der Waals surface area contributed by atoms with Crippen molar-refractivity contribution in [3.05, 3.63) is 82.9 Å². The standard InChI is InChI=1S/C20H19BrN4OS/c21-14-5-3-6-15(13-14)24-10-4-8-17(24)19-18(16-7-1-2-9-22-16)23-20(27)25(19)11-12-26/h1-10,13,18-19,26H,11-12H2,(H,23,27)/t18-,19-/m0/s1. The lowest BCUT2D eigenvalue weighted by Gasteiger charge is -2.28. The number of rotatable bonds is 5. The van der Waals surface area contributed by atoms with Crippen LogP contribution in [0.25, 0.3) is 5.69 Å². The molecule has 2 atom stereocenters. The van der Waals surface area contributed by atoms with Crippen molar-refractivity contribution in [2.24, 2.45) is 0 Å². The monoisotopic (exact) mass is 442 g/mol. The number of benzene rings is 1. The molecule has 0 radical (unpaired) electrons. The number of nitrogens with zero attached hydrogens (tertiary/aromatic N) is 3. The lowest BCUT2D eigenvalue weighted by atomic mass is 10.0. The van der Waals surface area contributed by atoms with Crippen LogP contribution in [0.1, 0.15) is 23.5 Å². The maximum atomic E-state index is 9.58. The van der Waals surface area contributed by atoms with Gasteiger partial charge in [-0.05, 0) is 54.7 Å². The molecular weight excluding hydrogens is 424 g/mol. The highest BCUT2D eigenvalue weighted by atomic mass is 79.9. The molecule has 1 aliphatic rings. The minimum atomic E-state index is -0.0916. The number of thiocarbonyl (C=S) groups is 1. The highest BCUT2D eigenvalue weighted by molar-refractivity contribution is 9.10. The van der Waals surface area contributed by atoms with Crippen molar-refractivity contribution in [3.8, 4) is 5.69 Å². The van der Waals surface area contributed by atoms with Gasteiger partial charge in [-0.15, -0.1) is 0 Å². The third kappa shape index (κ3) is 3.50. The molecule has 138 valence electrons. The maximum absolute atomic E-state index is 9.58. The van der Waals surface area contributed by atoms with Gasteiger partial charge >= 0.3 is 0 Å². The van der Waals surface area contributed by atoms with Crippen LogP contribution in [0.2, 0.25) is 0 Å². The Bertz CT molecular complexity index is 946. The number of β-amino-alcohol motifs (C(OH)–C–C–N with tert-alkyl or cyclic N) is 1. The SMILES string of the molecule is OCCN1C(=S)N[C@@H](c2ccccn2)[C@@H]1c1cccn1-c1cccc(Br)c1. The van der Waals surface area contributed by atoms with E-state index in [9.17, 15) is 5.11 Å². The number of hydrogen-bond acceptors (Lipinski definition) is 3. The van der Waals surface area contributed by atoms with E-state index in [0.717, 1.165) is 21.5 Å². The predicted octanol–water partition coefficient (Wildman–Crippen LogP) is 3.60. The molecule has 0 spiro atoms. The van der Waals surface area contributed by atoms with Crippen molar-refractivity contribution in [2.75, 3.05) is 13.2 Å². The van der Waals surface area contributed by atoms with E-state index in [0.29, 0.717) is 11.7 Å². The largest absolute Gasteiger partial charge is 0.395 e. The average Bonchev–Trinajstić information content (AvgIpc) is 3.28. The first-order valence-corrected chi connectivity index (χ1v) is 9.91. The number of halogens is 1. The van der Waals surface area contributed by atoms with E-state index in [-0.39, 0.29) is 18.7 Å². The van der Waals surface area contributed by atoms with Crippen LogP contribution in [-0.2, 0) is 0 Å². The van der Waals surface area contributed by atoms with Gasteiger partial charge in [0.2, 0.25) is 0 Å². The maximum Gasteiger partial charge on any atom is 0.170 e. The normalized spacial score (nSPS) is 19.3. The first-order valence-electron chi connectivity index (χ1n) is 8.71. The van der Waals surface area contributed by atoms with E-state index in [1.807, 2.05) is 47.5 Å². The summed E-state index contributed by atoms with van der Waals surface area (Å²) in [7, 11) is 0. The number of aliphatic hydroxyl groups excluding tert-OH is 1. The summed E-state index contributed by atoms with van der Waals surface area (Å²) in [4.78, 5) is 6.58. The quantitative estimate of drug-likeness (QED) is 0.591. The Morgan fingerprint density at radius 3 is 2.78 bits per heavy atom. The topological polar surface area (TPSA) is 53.3 Å². The van der Waals surface area contributed by atoms with Gasteiger partial charge in [0.1, 0.15) is 0 Å². The Hall–Kier alpha value is -2.22. The van der Waals surface area contributed by atoms with Crippen molar-refractivity contribution in [1.29, 1.82) is 0 Å². The second-order valence-corrected chi connectivity index (χ2v) is 7.63. The van der Waals surface area contributed by atoms with Gasteiger partial charge in [-0.25, -0.2) is 0 Å². The fourth-order valence-electron chi connectivity index (χ4n) is 3.57. The summed E-state index contributed by atoms with van der Waals surface area (Å²) >= 11 is 9.12. The van der Waals surface area contributed by atoms with Crippen molar-refractivity contribution in [1.82, 2.24) is 19.8 Å². The predicted molar refractivity (Wildman–Crippen MR) is 113 cm³/mol. The van der Waals surface area contributed by atoms with Crippen LogP contribution < -0.4 is 5.32 Å². The van der Waals surface area contributed by atoms with Gasteiger partial charge in [0, 0.05) is 34.8 Å². The number of aliphatic hydroxyl groups is 1. The van der Waals surface area contributed by atoms with Crippen molar-refractivity contribution in [3.63, 3.8) is 0 Å². The molecule has 1 fully saturated rings. The Morgan fingerprint density at radius 2 is 2.04 bits per heavy atom. The number of aromatic nitrogens is 2. The Kier molecular flexibility index (Phi) is 5.24. The Balaban J connectivity index is 1.81. The van der Waals surface area contributed by atoms with Crippen molar-refractivity contribution in [2.45, 2.75) is 12.1 Å². The Morgan fingerprint density at radius 1 is 1.15 bits per heavy atom. The summed E-state index contributed by atoms with van der Waals surface area (Å²) in [6, 6.07) is 18.0. The second kappa shape index (κ2) is 7.80. The van der Waals surface area contributed by atoms with Crippen LogP contribution >= 0.6 is 28.1 Å². The zero-order chi connectivity index (χ0) is 18.8. The van der Waals surface area contributed by atoms with Crippen LogP contribution in [0.4, 0.5) is 0 Å². The van der Waals surface area contributed by atoms with Crippen molar-refractivity contribution < 1.29 is 5.11 Å². The molecule has 0 bridgehead atoms. The molecule has 4 rings (SSSR count). The molecule has 0 aliphatic carbocycles. The first-order chi connectivity index (χ1) is 13.2. The number of pyridine rings is 1. The molecule has 1 aliphatic heterocycles. The lowest BCUT2D eigenvalue weighted by molar-refractivity contribution is 0.220. The second-order valence-electron chi connectivity index (χ2n) is 6.33. The smallest absolute Gasteiger partial charge is 0.170 e. The van der Waals surface area contributed by atoms with Gasteiger partial charge in [0.25, 0.3) is 0 Å². The van der Waals surface area contributed by atoms with E-state index in [4.69, 9.17) is 12.2 Å². The highest BCUT2D eigenvalue weighted by Crippen LogP contribution is 2.39. The molecule has 1 saturated heterocycles. The van der Waals surface area contributed by atoms with E-state index >= 15 is 0 Å². The van der Waals surface area contributed by atoms with Crippen LogP contribution in [0.15, 0.2) is 71.5 Å². The molecule has 0 amide bonds. The zero-order valence-electron chi connectivity index (χ0n) is 14.5. The molecule has 5 nitrogen and oxygen atoms in total. The van der Waals surface area contributed by atoms with E-state index in [1.165, 1.54) is 0 Å². The lowest BCUT2D eigenvalue weighted by Crippen LogP contribution is -2.32. The summed E-state index contributed by atoms with van der Waals surface area (Å²) in [5, 5.41) is 13.6. The summed E-state index contributed by atoms with van der Waals surface area (Å²) in [6.07, 6.45) is 3.84. The summed E-state index contributed by atoms with van der Waals surface area (Å²) < 4.78 is 3.18. The zero-order valence-corrected chi connectivity index (χ0v) is 16.9. The van der Waals surface area contributed by atoms with Gasteiger partial charge < -0.3 is 19.9 Å². The molecule has 1 aromatic carbocycles. The third-order valence-electron chi connectivity index (χ3n) is 4.71. The summed E-state index contributed by atoms with van der Waals surface area (Å²) in [5.41, 5.74) is 3.07. The molecular formula is C20H19BrN4OS. The van der Waals surface area contributed by atoms with E-state index in [2.05, 4.69) is 49.0 Å².